The Labute approximate surface area is 45.9 Å². The lowest BCUT2D eigenvalue weighted by atomic mass is 11.1. The van der Waals surface area contributed by atoms with Gasteiger partial charge >= 0.3 is 0 Å². The molecule has 0 fully saturated rings. The Morgan fingerprint density at radius 2 is 2.71 bits per heavy atom. The van der Waals surface area contributed by atoms with Crippen LogP contribution in [0.5, 0.6) is 0 Å². The van der Waals surface area contributed by atoms with E-state index < -0.39 is 0 Å². The Balaban J connectivity index is 2.76. The smallest absolute Gasteiger partial charge is 0.228 e. The monoisotopic (exact) mass is 116 g/mol. The molecule has 1 aromatic heterocycles. The average Bonchev–Trinajstić information content (AvgIpc) is 2.14. The van der Waals surface area contributed by atoms with Crippen LogP contribution in [0.15, 0.2) is 6.33 Å². The SMILES string of the molecule is SNc1ncn[nH]1. The summed E-state index contributed by atoms with van der Waals surface area (Å²) in [5.41, 5.74) is 0. The van der Waals surface area contributed by atoms with Crippen LogP contribution in [-0.2, 0) is 0 Å². The van der Waals surface area contributed by atoms with Crippen molar-refractivity contribution in [3.8, 4) is 0 Å². The predicted octanol–water partition coefficient (Wildman–Crippen LogP) is 0.0614. The van der Waals surface area contributed by atoms with E-state index in [1.165, 1.54) is 6.33 Å². The number of rotatable bonds is 1. The fourth-order valence-corrected chi connectivity index (χ4v) is 0.367. The molecule has 1 aromatic rings. The van der Waals surface area contributed by atoms with Crippen molar-refractivity contribution in [1.82, 2.24) is 15.2 Å². The molecule has 0 aliphatic rings. The molecule has 4 nitrogen and oxygen atoms in total. The van der Waals surface area contributed by atoms with Crippen LogP contribution in [-0.4, -0.2) is 15.2 Å². The Morgan fingerprint density at radius 3 is 3.00 bits per heavy atom. The largest absolute Gasteiger partial charge is 0.301 e. The summed E-state index contributed by atoms with van der Waals surface area (Å²) in [4.78, 5) is 3.68. The van der Waals surface area contributed by atoms with Crippen molar-refractivity contribution >= 4 is 18.8 Å². The third-order valence-electron chi connectivity index (χ3n) is 0.521. The van der Waals surface area contributed by atoms with Gasteiger partial charge in [0.15, 0.2) is 0 Å². The Bertz CT molecular complexity index is 124. The van der Waals surface area contributed by atoms with E-state index in [4.69, 9.17) is 0 Å². The summed E-state index contributed by atoms with van der Waals surface area (Å²) in [5.74, 6) is 0.559. The summed E-state index contributed by atoms with van der Waals surface area (Å²) < 4.78 is 2.47. The molecule has 0 amide bonds. The van der Waals surface area contributed by atoms with Gasteiger partial charge in [0, 0.05) is 0 Å². The molecule has 38 valence electrons. The molecule has 0 aliphatic heterocycles. The summed E-state index contributed by atoms with van der Waals surface area (Å²) >= 11 is 3.69. The lowest BCUT2D eigenvalue weighted by molar-refractivity contribution is 1.10. The quantitative estimate of drug-likeness (QED) is 0.455. The second-order valence-corrected chi connectivity index (χ2v) is 1.17. The molecule has 0 saturated carbocycles. The van der Waals surface area contributed by atoms with Gasteiger partial charge in [-0.05, 0) is 0 Å². The third kappa shape index (κ3) is 0.833. The molecule has 0 bridgehead atoms. The lowest BCUT2D eigenvalue weighted by Gasteiger charge is -1.82. The van der Waals surface area contributed by atoms with Gasteiger partial charge in [0.1, 0.15) is 6.33 Å². The number of hydrogen-bond donors (Lipinski definition) is 3. The molecule has 0 spiro atoms. The van der Waals surface area contributed by atoms with Crippen LogP contribution in [0, 0.1) is 0 Å². The van der Waals surface area contributed by atoms with E-state index in [0.29, 0.717) is 5.95 Å². The van der Waals surface area contributed by atoms with Crippen molar-refractivity contribution < 1.29 is 0 Å². The number of anilines is 1. The molecule has 0 unspecified atom stereocenters. The van der Waals surface area contributed by atoms with Crippen LogP contribution in [0.4, 0.5) is 5.95 Å². The van der Waals surface area contributed by atoms with Crippen molar-refractivity contribution in [2.24, 2.45) is 0 Å². The average molecular weight is 116 g/mol. The van der Waals surface area contributed by atoms with Crippen LogP contribution in [0.2, 0.25) is 0 Å². The summed E-state index contributed by atoms with van der Waals surface area (Å²) in [7, 11) is 0. The standard InChI is InChI=1S/C2H4N4S/c7-6-2-3-1-4-5-2/h1,7H,(H2,3,4,5,6). The van der Waals surface area contributed by atoms with E-state index >= 15 is 0 Å². The Kier molecular flexibility index (Phi) is 1.16. The summed E-state index contributed by atoms with van der Waals surface area (Å²) in [6.45, 7) is 0. The van der Waals surface area contributed by atoms with Gasteiger partial charge in [-0.3, -0.25) is 0 Å². The topological polar surface area (TPSA) is 53.6 Å². The van der Waals surface area contributed by atoms with Gasteiger partial charge in [-0.25, -0.2) is 5.10 Å². The van der Waals surface area contributed by atoms with Crippen LogP contribution in [0.25, 0.3) is 0 Å². The predicted molar refractivity (Wildman–Crippen MR) is 29.0 cm³/mol. The molecule has 0 radical (unpaired) electrons. The highest BCUT2D eigenvalue weighted by atomic mass is 32.1. The second kappa shape index (κ2) is 1.83. The number of aromatic nitrogens is 3. The highest BCUT2D eigenvalue weighted by molar-refractivity contribution is 7.81. The van der Waals surface area contributed by atoms with Gasteiger partial charge in [-0.2, -0.15) is 10.1 Å². The molecule has 1 heterocycles. The maximum atomic E-state index is 3.69. The van der Waals surface area contributed by atoms with Gasteiger partial charge in [0.05, 0.1) is 0 Å². The molecule has 0 aliphatic carbocycles. The Hall–Kier alpha value is -0.710. The fourth-order valence-electron chi connectivity index (χ4n) is 0.259. The summed E-state index contributed by atoms with van der Waals surface area (Å²) in [6, 6.07) is 0. The molecular weight excluding hydrogens is 112 g/mol. The molecule has 1 rings (SSSR count). The third-order valence-corrected chi connectivity index (χ3v) is 0.733. The molecule has 0 saturated heterocycles. The maximum absolute atomic E-state index is 3.69. The zero-order valence-electron chi connectivity index (χ0n) is 3.42. The highest BCUT2D eigenvalue weighted by Gasteiger charge is 1.82. The summed E-state index contributed by atoms with van der Waals surface area (Å²) in [6.07, 6.45) is 1.40. The number of H-pyrrole nitrogens is 1. The lowest BCUT2D eigenvalue weighted by Crippen LogP contribution is -1.80. The molecule has 0 atom stereocenters. The molecule has 5 heteroatoms. The zero-order valence-corrected chi connectivity index (χ0v) is 4.31. The number of hydrogen-bond acceptors (Lipinski definition) is 4. The number of nitrogens with one attached hydrogen (secondary N) is 2. The van der Waals surface area contributed by atoms with E-state index in [0.717, 1.165) is 0 Å². The van der Waals surface area contributed by atoms with Crippen LogP contribution < -0.4 is 4.72 Å². The molecule has 7 heavy (non-hydrogen) atoms. The fraction of sp³-hybridized carbons (Fsp3) is 0. The van der Waals surface area contributed by atoms with Crippen LogP contribution in [0.3, 0.4) is 0 Å². The van der Waals surface area contributed by atoms with E-state index in [1.54, 1.807) is 0 Å². The van der Waals surface area contributed by atoms with Gasteiger partial charge in [0.2, 0.25) is 5.95 Å². The Morgan fingerprint density at radius 1 is 1.86 bits per heavy atom. The van der Waals surface area contributed by atoms with Crippen LogP contribution in [0.1, 0.15) is 0 Å². The molecule has 2 N–H and O–H groups in total. The van der Waals surface area contributed by atoms with Crippen molar-refractivity contribution in [2.45, 2.75) is 0 Å². The maximum Gasteiger partial charge on any atom is 0.228 e. The van der Waals surface area contributed by atoms with Crippen molar-refractivity contribution in [3.05, 3.63) is 6.33 Å². The first-order valence-electron chi connectivity index (χ1n) is 1.69. The summed E-state index contributed by atoms with van der Waals surface area (Å²) in [5, 5.41) is 6.08. The van der Waals surface area contributed by atoms with Gasteiger partial charge < -0.3 is 4.72 Å². The minimum atomic E-state index is 0.559. The van der Waals surface area contributed by atoms with Crippen molar-refractivity contribution in [3.63, 3.8) is 0 Å². The zero-order chi connectivity index (χ0) is 5.11. The van der Waals surface area contributed by atoms with E-state index in [-0.39, 0.29) is 0 Å². The first-order chi connectivity index (χ1) is 3.43. The first-order valence-corrected chi connectivity index (χ1v) is 2.13. The van der Waals surface area contributed by atoms with E-state index in [9.17, 15) is 0 Å². The van der Waals surface area contributed by atoms with Crippen LogP contribution >= 0.6 is 12.8 Å². The minimum absolute atomic E-state index is 0.559. The van der Waals surface area contributed by atoms with Crippen molar-refractivity contribution in [2.75, 3.05) is 4.72 Å². The number of thiol groups is 1. The van der Waals surface area contributed by atoms with E-state index in [1.807, 2.05) is 0 Å². The highest BCUT2D eigenvalue weighted by Crippen LogP contribution is 1.90. The first kappa shape index (κ1) is 4.45. The van der Waals surface area contributed by atoms with Gasteiger partial charge in [-0.15, -0.1) is 0 Å². The van der Waals surface area contributed by atoms with Crippen molar-refractivity contribution in [1.29, 1.82) is 0 Å². The number of aromatic amines is 1. The second-order valence-electron chi connectivity index (χ2n) is 0.946. The molecular formula is C2H4N4S. The number of nitrogens with zero attached hydrogens (tertiary/aromatic N) is 2. The minimum Gasteiger partial charge on any atom is -0.301 e. The van der Waals surface area contributed by atoms with E-state index in [2.05, 4.69) is 32.7 Å². The van der Waals surface area contributed by atoms with Gasteiger partial charge in [0.25, 0.3) is 0 Å². The molecule has 0 aromatic carbocycles. The normalized spacial score (nSPS) is 8.71. The van der Waals surface area contributed by atoms with Gasteiger partial charge in [-0.1, -0.05) is 12.8 Å².